The molecule has 1 aliphatic heterocycles. The van der Waals surface area contributed by atoms with E-state index < -0.39 is 0 Å². The van der Waals surface area contributed by atoms with Crippen molar-refractivity contribution in [1.82, 2.24) is 14.9 Å². The van der Waals surface area contributed by atoms with Crippen molar-refractivity contribution in [3.63, 3.8) is 0 Å². The number of anilines is 1. The molecule has 0 amide bonds. The highest BCUT2D eigenvalue weighted by atomic mass is 16.5. The minimum absolute atomic E-state index is 0.651. The molecule has 0 atom stereocenters. The lowest BCUT2D eigenvalue weighted by Gasteiger charge is -2.35. The number of rotatable bonds is 4. The van der Waals surface area contributed by atoms with E-state index in [1.54, 1.807) is 19.4 Å². The lowest BCUT2D eigenvalue weighted by atomic mass is 10.2. The number of piperazine rings is 1. The molecule has 0 spiro atoms. The van der Waals surface area contributed by atoms with Crippen LogP contribution in [0.25, 0.3) is 0 Å². The first-order valence-electron chi connectivity index (χ1n) is 7.62. The zero-order chi connectivity index (χ0) is 16.1. The summed E-state index contributed by atoms with van der Waals surface area (Å²) < 4.78 is 5.17. The number of hydrogen-bond acceptors (Lipinski definition) is 6. The van der Waals surface area contributed by atoms with E-state index in [9.17, 15) is 0 Å². The zero-order valence-electron chi connectivity index (χ0n) is 13.1. The van der Waals surface area contributed by atoms with Crippen LogP contribution in [0.1, 0.15) is 11.3 Å². The summed E-state index contributed by atoms with van der Waals surface area (Å²) in [5.74, 6) is 1.53. The summed E-state index contributed by atoms with van der Waals surface area (Å²) in [6.45, 7) is 4.49. The molecule has 0 aliphatic carbocycles. The average molecular weight is 309 g/mol. The van der Waals surface area contributed by atoms with E-state index in [1.807, 2.05) is 24.3 Å². The zero-order valence-corrected chi connectivity index (χ0v) is 13.1. The molecule has 0 radical (unpaired) electrons. The third-order valence-electron chi connectivity index (χ3n) is 3.95. The number of pyridine rings is 2. The third kappa shape index (κ3) is 3.76. The molecule has 118 valence electrons. The van der Waals surface area contributed by atoms with Crippen molar-refractivity contribution < 1.29 is 4.74 Å². The minimum Gasteiger partial charge on any atom is -0.481 e. The van der Waals surface area contributed by atoms with Gasteiger partial charge in [-0.2, -0.15) is 5.26 Å². The molecule has 0 bridgehead atoms. The van der Waals surface area contributed by atoms with Crippen LogP contribution in [0.2, 0.25) is 0 Å². The second kappa shape index (κ2) is 7.07. The summed E-state index contributed by atoms with van der Waals surface area (Å²) in [6, 6.07) is 11.6. The van der Waals surface area contributed by atoms with Crippen LogP contribution < -0.4 is 9.64 Å². The van der Waals surface area contributed by atoms with Crippen molar-refractivity contribution in [3.05, 3.63) is 47.8 Å². The number of aromatic nitrogens is 2. The van der Waals surface area contributed by atoms with Crippen LogP contribution in [0, 0.1) is 11.3 Å². The molecular formula is C17H19N5O. The molecular weight excluding hydrogens is 290 g/mol. The van der Waals surface area contributed by atoms with E-state index >= 15 is 0 Å². The van der Waals surface area contributed by atoms with Gasteiger partial charge in [0.1, 0.15) is 5.82 Å². The Hall–Kier alpha value is -2.65. The smallest absolute Gasteiger partial charge is 0.213 e. The number of nitrogens with zero attached hydrogens (tertiary/aromatic N) is 5. The van der Waals surface area contributed by atoms with Crippen molar-refractivity contribution in [1.29, 1.82) is 5.26 Å². The Balaban J connectivity index is 1.58. The molecule has 6 heteroatoms. The van der Waals surface area contributed by atoms with Crippen LogP contribution >= 0.6 is 0 Å². The van der Waals surface area contributed by atoms with E-state index in [1.165, 1.54) is 0 Å². The molecule has 0 N–H and O–H groups in total. The maximum Gasteiger partial charge on any atom is 0.213 e. The van der Waals surface area contributed by atoms with Crippen molar-refractivity contribution in [2.24, 2.45) is 0 Å². The molecule has 2 aromatic heterocycles. The van der Waals surface area contributed by atoms with Crippen molar-refractivity contribution in [3.8, 4) is 11.9 Å². The van der Waals surface area contributed by atoms with Gasteiger partial charge in [0, 0.05) is 45.0 Å². The third-order valence-corrected chi connectivity index (χ3v) is 3.95. The van der Waals surface area contributed by atoms with Gasteiger partial charge in [0.05, 0.1) is 24.4 Å². The molecule has 3 heterocycles. The van der Waals surface area contributed by atoms with Gasteiger partial charge < -0.3 is 9.64 Å². The Morgan fingerprint density at radius 2 is 2.04 bits per heavy atom. The van der Waals surface area contributed by atoms with E-state index in [0.717, 1.165) is 44.2 Å². The SMILES string of the molecule is COc1cccc(CN2CCN(c3cc(C#N)ccn3)CC2)n1. The monoisotopic (exact) mass is 309 g/mol. The molecule has 2 aromatic rings. The van der Waals surface area contributed by atoms with Crippen LogP contribution in [0.15, 0.2) is 36.5 Å². The summed E-state index contributed by atoms with van der Waals surface area (Å²) in [5.41, 5.74) is 1.67. The molecule has 3 rings (SSSR count). The van der Waals surface area contributed by atoms with Gasteiger partial charge in [0.25, 0.3) is 0 Å². The van der Waals surface area contributed by atoms with Gasteiger partial charge in [-0.05, 0) is 18.2 Å². The van der Waals surface area contributed by atoms with Gasteiger partial charge >= 0.3 is 0 Å². The first-order valence-corrected chi connectivity index (χ1v) is 7.62. The van der Waals surface area contributed by atoms with Crippen LogP contribution in [0.4, 0.5) is 5.82 Å². The highest BCUT2D eigenvalue weighted by molar-refractivity contribution is 5.45. The van der Waals surface area contributed by atoms with Gasteiger partial charge in [0.15, 0.2) is 0 Å². The summed E-state index contributed by atoms with van der Waals surface area (Å²) in [6.07, 6.45) is 1.69. The number of hydrogen-bond donors (Lipinski definition) is 0. The van der Waals surface area contributed by atoms with E-state index in [-0.39, 0.29) is 0 Å². The first-order chi connectivity index (χ1) is 11.3. The second-order valence-corrected chi connectivity index (χ2v) is 5.45. The molecule has 0 unspecified atom stereocenters. The van der Waals surface area contributed by atoms with E-state index in [4.69, 9.17) is 10.00 Å². The molecule has 1 fully saturated rings. The largest absolute Gasteiger partial charge is 0.481 e. The van der Waals surface area contributed by atoms with E-state index in [2.05, 4.69) is 25.8 Å². The molecule has 23 heavy (non-hydrogen) atoms. The quantitative estimate of drug-likeness (QED) is 0.856. The Labute approximate surface area is 136 Å². The fourth-order valence-corrected chi connectivity index (χ4v) is 2.68. The Kier molecular flexibility index (Phi) is 4.69. The van der Waals surface area contributed by atoms with Crippen molar-refractivity contribution in [2.75, 3.05) is 38.2 Å². The van der Waals surface area contributed by atoms with Gasteiger partial charge in [-0.15, -0.1) is 0 Å². The molecule has 6 nitrogen and oxygen atoms in total. The number of methoxy groups -OCH3 is 1. The average Bonchev–Trinajstić information content (AvgIpc) is 2.62. The van der Waals surface area contributed by atoms with Gasteiger partial charge in [-0.1, -0.05) is 6.07 Å². The molecule has 1 aliphatic rings. The normalized spacial score (nSPS) is 15.2. The van der Waals surface area contributed by atoms with Gasteiger partial charge in [-0.3, -0.25) is 4.90 Å². The lowest BCUT2D eigenvalue weighted by molar-refractivity contribution is 0.245. The summed E-state index contributed by atoms with van der Waals surface area (Å²) >= 11 is 0. The Morgan fingerprint density at radius 3 is 2.78 bits per heavy atom. The van der Waals surface area contributed by atoms with Gasteiger partial charge in [-0.25, -0.2) is 9.97 Å². The summed E-state index contributed by atoms with van der Waals surface area (Å²) in [5, 5.41) is 8.99. The highest BCUT2D eigenvalue weighted by Gasteiger charge is 2.18. The Bertz CT molecular complexity index is 704. The summed E-state index contributed by atoms with van der Waals surface area (Å²) in [7, 11) is 1.63. The lowest BCUT2D eigenvalue weighted by Crippen LogP contribution is -2.46. The second-order valence-electron chi connectivity index (χ2n) is 5.45. The predicted molar refractivity (Wildman–Crippen MR) is 87.2 cm³/mol. The van der Waals surface area contributed by atoms with Crippen LogP contribution in [0.3, 0.4) is 0 Å². The predicted octanol–water partition coefficient (Wildman–Crippen LogP) is 1.68. The number of ether oxygens (including phenoxy) is 1. The standard InChI is InChI=1S/C17H19N5O/c1-23-17-4-2-3-15(20-17)13-21-7-9-22(10-8-21)16-11-14(12-18)5-6-19-16/h2-6,11H,7-10,13H2,1H3. The topological polar surface area (TPSA) is 65.3 Å². The Morgan fingerprint density at radius 1 is 1.22 bits per heavy atom. The van der Waals surface area contributed by atoms with Gasteiger partial charge in [0.2, 0.25) is 5.88 Å². The fourth-order valence-electron chi connectivity index (χ4n) is 2.68. The first kappa shape index (κ1) is 15.3. The molecule has 1 saturated heterocycles. The molecule has 0 aromatic carbocycles. The minimum atomic E-state index is 0.651. The van der Waals surface area contributed by atoms with Crippen molar-refractivity contribution >= 4 is 5.82 Å². The van der Waals surface area contributed by atoms with E-state index in [0.29, 0.717) is 11.4 Å². The maximum absolute atomic E-state index is 8.99. The summed E-state index contributed by atoms with van der Waals surface area (Å²) in [4.78, 5) is 13.4. The van der Waals surface area contributed by atoms with Crippen LogP contribution in [-0.2, 0) is 6.54 Å². The fraction of sp³-hybridized carbons (Fsp3) is 0.353. The van der Waals surface area contributed by atoms with Crippen molar-refractivity contribution in [2.45, 2.75) is 6.54 Å². The molecule has 0 saturated carbocycles. The maximum atomic E-state index is 8.99. The highest BCUT2D eigenvalue weighted by Crippen LogP contribution is 2.16. The van der Waals surface area contributed by atoms with Crippen LogP contribution in [-0.4, -0.2) is 48.2 Å². The van der Waals surface area contributed by atoms with Crippen LogP contribution in [0.5, 0.6) is 5.88 Å². The number of nitriles is 1.